The van der Waals surface area contributed by atoms with Gasteiger partial charge in [-0.05, 0) is 29.6 Å². The van der Waals surface area contributed by atoms with Crippen LogP contribution in [0.4, 0.5) is 20.3 Å². The van der Waals surface area contributed by atoms with Gasteiger partial charge in [-0.2, -0.15) is 0 Å². The normalized spacial score (nSPS) is 13.8. The van der Waals surface area contributed by atoms with Crippen LogP contribution in [0.15, 0.2) is 52.8 Å². The van der Waals surface area contributed by atoms with Crippen LogP contribution in [0.2, 0.25) is 0 Å². The molecule has 5 rings (SSSR count). The number of fused-ring (bicyclic) bond motifs is 3. The molecule has 0 radical (unpaired) electrons. The lowest BCUT2D eigenvalue weighted by Gasteiger charge is -2.13. The molecule has 0 unspecified atom stereocenters. The molecular formula is C19H13F2N5S. The number of pyridine rings is 1. The molecule has 2 aromatic heterocycles. The van der Waals surface area contributed by atoms with Gasteiger partial charge < -0.3 is 10.7 Å². The fraction of sp³-hybridized carbons (Fsp3) is 0.0526. The summed E-state index contributed by atoms with van der Waals surface area (Å²) in [5.74, 6) is -0.233. The van der Waals surface area contributed by atoms with Crippen molar-refractivity contribution >= 4 is 49.7 Å². The SMILES string of the molecule is Fc1cccc(F)c1Nc1nc2c(C3=NCNN3)cccc2c2ccsc12. The van der Waals surface area contributed by atoms with E-state index in [4.69, 9.17) is 4.98 Å². The number of hydrogen-bond acceptors (Lipinski definition) is 6. The Balaban J connectivity index is 1.76. The summed E-state index contributed by atoms with van der Waals surface area (Å²) in [5, 5.41) is 6.72. The lowest BCUT2D eigenvalue weighted by atomic mass is 10.1. The average Bonchev–Trinajstić information content (AvgIpc) is 3.36. The molecule has 0 aliphatic carbocycles. The van der Waals surface area contributed by atoms with Gasteiger partial charge >= 0.3 is 0 Å². The number of halogens is 2. The molecule has 0 bridgehead atoms. The first-order chi connectivity index (χ1) is 13.2. The van der Waals surface area contributed by atoms with Gasteiger partial charge in [-0.25, -0.2) is 24.2 Å². The molecule has 2 aromatic carbocycles. The van der Waals surface area contributed by atoms with Crippen LogP contribution < -0.4 is 16.2 Å². The maximum atomic E-state index is 14.1. The lowest BCUT2D eigenvalue weighted by Crippen LogP contribution is -2.30. The molecule has 8 heteroatoms. The fourth-order valence-electron chi connectivity index (χ4n) is 3.19. The Morgan fingerprint density at radius 3 is 2.59 bits per heavy atom. The van der Waals surface area contributed by atoms with Gasteiger partial charge in [0.1, 0.15) is 35.6 Å². The zero-order chi connectivity index (χ0) is 18.4. The summed E-state index contributed by atoms with van der Waals surface area (Å²) in [6, 6.07) is 11.6. The summed E-state index contributed by atoms with van der Waals surface area (Å²) < 4.78 is 29.1. The van der Waals surface area contributed by atoms with Crippen LogP contribution in [-0.2, 0) is 0 Å². The van der Waals surface area contributed by atoms with Gasteiger partial charge in [0.05, 0.1) is 10.2 Å². The highest BCUT2D eigenvalue weighted by atomic mass is 32.1. The molecule has 0 saturated carbocycles. The molecule has 0 atom stereocenters. The molecule has 0 amide bonds. The quantitative estimate of drug-likeness (QED) is 0.496. The molecule has 27 heavy (non-hydrogen) atoms. The average molecular weight is 381 g/mol. The Bertz CT molecular complexity index is 1200. The van der Waals surface area contributed by atoms with Crippen molar-refractivity contribution in [2.45, 2.75) is 0 Å². The minimum atomic E-state index is -0.666. The van der Waals surface area contributed by atoms with Crippen LogP contribution in [0, 0.1) is 11.6 Å². The Morgan fingerprint density at radius 1 is 1.00 bits per heavy atom. The van der Waals surface area contributed by atoms with E-state index in [0.717, 1.165) is 21.0 Å². The smallest absolute Gasteiger partial charge is 0.149 e. The summed E-state index contributed by atoms with van der Waals surface area (Å²) >= 11 is 1.47. The van der Waals surface area contributed by atoms with Crippen molar-refractivity contribution in [3.8, 4) is 0 Å². The zero-order valence-electron chi connectivity index (χ0n) is 13.9. The van der Waals surface area contributed by atoms with Gasteiger partial charge in [-0.15, -0.1) is 11.3 Å². The van der Waals surface area contributed by atoms with Gasteiger partial charge in [0, 0.05) is 16.3 Å². The lowest BCUT2D eigenvalue weighted by molar-refractivity contribution is 0.590. The van der Waals surface area contributed by atoms with E-state index in [1.165, 1.54) is 29.5 Å². The third-order valence-electron chi connectivity index (χ3n) is 4.41. The largest absolute Gasteiger partial charge is 0.334 e. The standard InChI is InChI=1S/C19H13F2N5S/c20-13-5-2-6-14(21)16(13)25-19-17-11(7-8-27-17)10-3-1-4-12(15(10)24-19)18-22-9-23-26-18/h1-8,23H,9H2,(H,22,26)(H,24,25). The van der Waals surface area contributed by atoms with Crippen molar-refractivity contribution < 1.29 is 8.78 Å². The second-order valence-electron chi connectivity index (χ2n) is 6.01. The number of rotatable bonds is 3. The second kappa shape index (κ2) is 6.26. The van der Waals surface area contributed by atoms with Crippen LogP contribution in [-0.4, -0.2) is 17.5 Å². The molecule has 0 spiro atoms. The Kier molecular flexibility index (Phi) is 3.73. The highest BCUT2D eigenvalue weighted by molar-refractivity contribution is 7.18. The van der Waals surface area contributed by atoms with E-state index in [1.54, 1.807) is 0 Å². The number of nitrogens with zero attached hydrogens (tertiary/aromatic N) is 2. The maximum absolute atomic E-state index is 14.1. The Hall–Kier alpha value is -3.10. The summed E-state index contributed by atoms with van der Waals surface area (Å²) in [4.78, 5) is 9.10. The topological polar surface area (TPSA) is 61.3 Å². The molecule has 0 saturated heterocycles. The minimum absolute atomic E-state index is 0.213. The monoisotopic (exact) mass is 381 g/mol. The van der Waals surface area contributed by atoms with Crippen molar-refractivity contribution in [3.63, 3.8) is 0 Å². The van der Waals surface area contributed by atoms with E-state index in [9.17, 15) is 8.78 Å². The molecule has 3 N–H and O–H groups in total. The predicted octanol–water partition coefficient (Wildman–Crippen LogP) is 4.28. The van der Waals surface area contributed by atoms with Crippen LogP contribution in [0.3, 0.4) is 0 Å². The number of aliphatic imine (C=N–C) groups is 1. The van der Waals surface area contributed by atoms with Gasteiger partial charge in [-0.3, -0.25) is 0 Å². The zero-order valence-corrected chi connectivity index (χ0v) is 14.7. The van der Waals surface area contributed by atoms with Crippen molar-refractivity contribution in [2.75, 3.05) is 12.0 Å². The van der Waals surface area contributed by atoms with Crippen LogP contribution in [0.1, 0.15) is 5.56 Å². The van der Waals surface area contributed by atoms with Crippen molar-refractivity contribution in [1.82, 2.24) is 15.8 Å². The molecular weight excluding hydrogens is 368 g/mol. The number of aromatic nitrogens is 1. The van der Waals surface area contributed by atoms with Crippen molar-refractivity contribution in [1.29, 1.82) is 0 Å². The third-order valence-corrected chi connectivity index (χ3v) is 5.34. The van der Waals surface area contributed by atoms with Crippen LogP contribution in [0.25, 0.3) is 21.0 Å². The summed E-state index contributed by atoms with van der Waals surface area (Å²) in [7, 11) is 0. The molecule has 1 aliphatic heterocycles. The van der Waals surface area contributed by atoms with Crippen LogP contribution in [0.5, 0.6) is 0 Å². The summed E-state index contributed by atoms with van der Waals surface area (Å²) in [6.45, 7) is 0.470. The number of nitrogens with one attached hydrogen (secondary N) is 3. The highest BCUT2D eigenvalue weighted by Gasteiger charge is 2.18. The number of hydrazine groups is 1. The Morgan fingerprint density at radius 2 is 1.81 bits per heavy atom. The first kappa shape index (κ1) is 16.1. The number of amidine groups is 1. The summed E-state index contributed by atoms with van der Waals surface area (Å²) in [5.41, 5.74) is 7.27. The van der Waals surface area contributed by atoms with E-state index in [1.807, 2.05) is 29.6 Å². The minimum Gasteiger partial charge on any atom is -0.334 e. The molecule has 4 aromatic rings. The molecule has 3 heterocycles. The first-order valence-electron chi connectivity index (χ1n) is 8.27. The fourth-order valence-corrected chi connectivity index (χ4v) is 4.05. The van der Waals surface area contributed by atoms with Crippen LogP contribution >= 0.6 is 11.3 Å². The molecule has 5 nitrogen and oxygen atoms in total. The highest BCUT2D eigenvalue weighted by Crippen LogP contribution is 2.36. The first-order valence-corrected chi connectivity index (χ1v) is 9.15. The maximum Gasteiger partial charge on any atom is 0.149 e. The van der Waals surface area contributed by atoms with Gasteiger partial charge in [-0.1, -0.05) is 18.2 Å². The van der Waals surface area contributed by atoms with E-state index in [2.05, 4.69) is 21.2 Å². The molecule has 134 valence electrons. The number of hydrogen-bond donors (Lipinski definition) is 3. The Labute approximate surface area is 156 Å². The van der Waals surface area contributed by atoms with Gasteiger partial charge in [0.15, 0.2) is 0 Å². The number of para-hydroxylation sites is 2. The second-order valence-corrected chi connectivity index (χ2v) is 6.93. The number of anilines is 2. The van der Waals surface area contributed by atoms with E-state index in [-0.39, 0.29) is 5.69 Å². The van der Waals surface area contributed by atoms with Crippen molar-refractivity contribution in [2.24, 2.45) is 4.99 Å². The van der Waals surface area contributed by atoms with E-state index in [0.29, 0.717) is 23.8 Å². The van der Waals surface area contributed by atoms with Crippen molar-refractivity contribution in [3.05, 3.63) is 65.0 Å². The van der Waals surface area contributed by atoms with E-state index >= 15 is 0 Å². The summed E-state index contributed by atoms with van der Waals surface area (Å²) in [6.07, 6.45) is 0. The predicted molar refractivity (Wildman–Crippen MR) is 104 cm³/mol. The third kappa shape index (κ3) is 2.61. The number of benzene rings is 2. The molecule has 1 aliphatic rings. The van der Waals surface area contributed by atoms with Gasteiger partial charge in [0.2, 0.25) is 0 Å². The van der Waals surface area contributed by atoms with E-state index < -0.39 is 11.6 Å². The number of thiophene rings is 1. The molecule has 0 fully saturated rings. The van der Waals surface area contributed by atoms with Gasteiger partial charge in [0.25, 0.3) is 0 Å².